The first-order chi connectivity index (χ1) is 21.8. The number of thiazole rings is 1. The standard InChI is InChI=1S/C28H30FN9O6S/c29-19-14-17(44-16-18-15-36(27(39)40)11-13-42-18)3-4-20(19)35-8-5-34(6-9-35)7-10-37-24-22(45-28(37)41)25-31-23(21-2-1-12-43-21)33-38(25)26(30)32-24/h1-4,12,14,18H,5-11,13,15-16H2,(H2,30,32)(H,39,40). The fourth-order valence-corrected chi connectivity index (χ4v) is 6.54. The van der Waals surface area contributed by atoms with Gasteiger partial charge in [0.05, 0.1) is 25.1 Å². The lowest BCUT2D eigenvalue weighted by Crippen LogP contribution is -2.47. The Morgan fingerprint density at radius 3 is 2.73 bits per heavy atom. The van der Waals surface area contributed by atoms with Gasteiger partial charge >= 0.3 is 11.0 Å². The van der Waals surface area contributed by atoms with Crippen LogP contribution in [0, 0.1) is 5.82 Å². The summed E-state index contributed by atoms with van der Waals surface area (Å²) in [5.74, 6) is 0.921. The number of hydrogen-bond donors (Lipinski definition) is 2. The number of nitrogens with two attached hydrogens (primary N) is 1. The summed E-state index contributed by atoms with van der Waals surface area (Å²) in [6.07, 6.45) is 0.124. The van der Waals surface area contributed by atoms with Crippen LogP contribution in [0.25, 0.3) is 27.6 Å². The summed E-state index contributed by atoms with van der Waals surface area (Å²) in [5, 5.41) is 13.6. The van der Waals surface area contributed by atoms with Crippen molar-refractivity contribution in [2.45, 2.75) is 12.6 Å². The van der Waals surface area contributed by atoms with Crippen molar-refractivity contribution in [3.05, 3.63) is 52.1 Å². The van der Waals surface area contributed by atoms with Gasteiger partial charge in [-0.25, -0.2) is 14.2 Å². The number of halogens is 1. The van der Waals surface area contributed by atoms with Gasteiger partial charge in [-0.1, -0.05) is 11.3 Å². The molecule has 1 aromatic carbocycles. The molecule has 2 saturated heterocycles. The van der Waals surface area contributed by atoms with Gasteiger partial charge in [0.1, 0.15) is 29.0 Å². The van der Waals surface area contributed by atoms with Crippen LogP contribution in [0.1, 0.15) is 0 Å². The Kier molecular flexibility index (Phi) is 7.72. The Morgan fingerprint density at radius 1 is 1.13 bits per heavy atom. The van der Waals surface area contributed by atoms with Gasteiger partial charge in [-0.05, 0) is 24.3 Å². The summed E-state index contributed by atoms with van der Waals surface area (Å²) in [7, 11) is 0. The summed E-state index contributed by atoms with van der Waals surface area (Å²) in [5.41, 5.74) is 7.59. The predicted molar refractivity (Wildman–Crippen MR) is 162 cm³/mol. The first-order valence-electron chi connectivity index (χ1n) is 14.4. The van der Waals surface area contributed by atoms with Gasteiger partial charge in [0.2, 0.25) is 11.8 Å². The quantitative estimate of drug-likeness (QED) is 0.254. The van der Waals surface area contributed by atoms with E-state index in [1.807, 2.05) is 4.90 Å². The van der Waals surface area contributed by atoms with Crippen molar-refractivity contribution in [3.63, 3.8) is 0 Å². The minimum atomic E-state index is -0.996. The molecule has 2 aliphatic heterocycles. The van der Waals surface area contributed by atoms with Crippen molar-refractivity contribution in [2.75, 3.05) is 69.7 Å². The average Bonchev–Trinajstić information content (AvgIpc) is 3.79. The largest absolute Gasteiger partial charge is 0.491 e. The van der Waals surface area contributed by atoms with Crippen molar-refractivity contribution in [3.8, 4) is 17.3 Å². The molecule has 6 heterocycles. The maximum absolute atomic E-state index is 15.1. The first-order valence-corrected chi connectivity index (χ1v) is 15.2. The van der Waals surface area contributed by atoms with Gasteiger partial charge in [-0.15, -0.1) is 5.10 Å². The number of hydrogen-bond acceptors (Lipinski definition) is 12. The van der Waals surface area contributed by atoms with Crippen LogP contribution >= 0.6 is 11.3 Å². The van der Waals surface area contributed by atoms with Crippen molar-refractivity contribution < 1.29 is 28.2 Å². The monoisotopic (exact) mass is 639 g/mol. The van der Waals surface area contributed by atoms with Crippen LogP contribution < -0.4 is 20.2 Å². The van der Waals surface area contributed by atoms with E-state index in [2.05, 4.69) is 20.0 Å². The zero-order valence-electron chi connectivity index (χ0n) is 24.0. The minimum absolute atomic E-state index is 0.119. The van der Waals surface area contributed by atoms with Crippen LogP contribution in [-0.2, 0) is 11.3 Å². The normalized spacial score (nSPS) is 17.8. The number of morpholine rings is 1. The number of nitrogen functional groups attached to an aromatic ring is 1. The first kappa shape index (κ1) is 29.0. The maximum Gasteiger partial charge on any atom is 0.407 e. The summed E-state index contributed by atoms with van der Waals surface area (Å²) in [6.45, 7) is 4.56. The van der Waals surface area contributed by atoms with Gasteiger partial charge in [0.25, 0.3) is 0 Å². The number of furan rings is 1. The number of aromatic nitrogens is 5. The lowest BCUT2D eigenvalue weighted by Gasteiger charge is -2.36. The van der Waals surface area contributed by atoms with Crippen LogP contribution in [0.5, 0.6) is 5.75 Å². The van der Waals surface area contributed by atoms with E-state index < -0.39 is 18.0 Å². The number of carbonyl (C=O) groups is 1. The minimum Gasteiger partial charge on any atom is -0.491 e. The predicted octanol–water partition coefficient (Wildman–Crippen LogP) is 2.06. The number of piperazine rings is 1. The average molecular weight is 640 g/mol. The highest BCUT2D eigenvalue weighted by atomic mass is 32.1. The molecule has 1 unspecified atom stereocenters. The van der Waals surface area contributed by atoms with E-state index in [1.54, 1.807) is 28.8 Å². The van der Waals surface area contributed by atoms with E-state index in [4.69, 9.17) is 19.6 Å². The topological polar surface area (TPSA) is 170 Å². The van der Waals surface area contributed by atoms with Crippen molar-refractivity contribution in [1.29, 1.82) is 0 Å². The number of ether oxygens (including phenoxy) is 2. The molecule has 1 amide bonds. The van der Waals surface area contributed by atoms with Crippen LogP contribution in [0.15, 0.2) is 45.8 Å². The van der Waals surface area contributed by atoms with Crippen molar-refractivity contribution >= 4 is 45.1 Å². The van der Waals surface area contributed by atoms with Crippen LogP contribution in [0.3, 0.4) is 0 Å². The van der Waals surface area contributed by atoms with Crippen LogP contribution in [-0.4, -0.2) is 110 Å². The molecule has 236 valence electrons. The second-order valence-electron chi connectivity index (χ2n) is 10.8. The van der Waals surface area contributed by atoms with Crippen LogP contribution in [0.4, 0.5) is 20.8 Å². The Bertz CT molecular complexity index is 1900. The number of nitrogens with zero attached hydrogens (tertiary/aromatic N) is 8. The molecule has 7 rings (SSSR count). The van der Waals surface area contributed by atoms with E-state index in [9.17, 15) is 14.7 Å². The van der Waals surface area contributed by atoms with E-state index in [-0.39, 0.29) is 24.0 Å². The van der Waals surface area contributed by atoms with Gasteiger partial charge in [-0.3, -0.25) is 14.3 Å². The number of anilines is 2. The molecule has 0 saturated carbocycles. The SMILES string of the molecule is Nc1nc2c(sc(=O)n2CCN2CCN(c3ccc(OCC4CN(C(=O)O)CCO4)cc3F)CC2)c2nc(-c3ccco3)nn12. The maximum atomic E-state index is 15.1. The zero-order valence-corrected chi connectivity index (χ0v) is 24.9. The van der Waals surface area contributed by atoms with E-state index in [0.29, 0.717) is 91.4 Å². The molecule has 0 bridgehead atoms. The number of fused-ring (bicyclic) bond motifs is 3. The summed E-state index contributed by atoms with van der Waals surface area (Å²) >= 11 is 1.05. The van der Waals surface area contributed by atoms with E-state index >= 15 is 4.39 Å². The molecular weight excluding hydrogens is 609 g/mol. The molecule has 2 fully saturated rings. The summed E-state index contributed by atoms with van der Waals surface area (Å²) in [6, 6.07) is 8.23. The summed E-state index contributed by atoms with van der Waals surface area (Å²) in [4.78, 5) is 38.6. The Hall–Kier alpha value is -4.74. The highest BCUT2D eigenvalue weighted by Crippen LogP contribution is 2.27. The Morgan fingerprint density at radius 2 is 1.98 bits per heavy atom. The molecule has 0 spiro atoms. The fraction of sp³-hybridized carbons (Fsp3) is 0.393. The lowest BCUT2D eigenvalue weighted by atomic mass is 10.2. The second-order valence-corrected chi connectivity index (χ2v) is 11.7. The molecular formula is C28H30FN9O6S. The number of amides is 1. The molecule has 2 aliphatic rings. The highest BCUT2D eigenvalue weighted by Gasteiger charge is 2.25. The fourth-order valence-electron chi connectivity index (χ4n) is 5.61. The lowest BCUT2D eigenvalue weighted by molar-refractivity contribution is -0.0412. The van der Waals surface area contributed by atoms with Crippen LogP contribution in [0.2, 0.25) is 0 Å². The molecule has 17 heteroatoms. The highest BCUT2D eigenvalue weighted by molar-refractivity contribution is 7.17. The number of rotatable bonds is 8. The molecule has 1 atom stereocenters. The third-order valence-corrected chi connectivity index (χ3v) is 8.94. The van der Waals surface area contributed by atoms with Gasteiger partial charge in [0.15, 0.2) is 17.1 Å². The smallest absolute Gasteiger partial charge is 0.407 e. The molecule has 0 radical (unpaired) electrons. The molecule has 5 aromatic rings. The summed E-state index contributed by atoms with van der Waals surface area (Å²) < 4.78 is 35.4. The number of carboxylic acid groups (broad SMARTS) is 1. The second kappa shape index (κ2) is 12.0. The molecule has 4 aromatic heterocycles. The van der Waals surface area contributed by atoms with Crippen molar-refractivity contribution in [1.82, 2.24) is 33.9 Å². The van der Waals surface area contributed by atoms with Gasteiger partial charge in [0, 0.05) is 51.9 Å². The van der Waals surface area contributed by atoms with Crippen molar-refractivity contribution in [2.24, 2.45) is 0 Å². The third-order valence-electron chi connectivity index (χ3n) is 7.97. The third kappa shape index (κ3) is 5.76. The van der Waals surface area contributed by atoms with E-state index in [0.717, 1.165) is 11.3 Å². The number of benzene rings is 1. The zero-order chi connectivity index (χ0) is 31.1. The Labute approximate surface area is 258 Å². The Balaban J connectivity index is 0.960. The molecule has 45 heavy (non-hydrogen) atoms. The molecule has 0 aliphatic carbocycles. The molecule has 3 N–H and O–H groups in total. The van der Waals surface area contributed by atoms with E-state index in [1.165, 1.54) is 21.7 Å². The van der Waals surface area contributed by atoms with Gasteiger partial charge in [-0.2, -0.15) is 9.50 Å². The molecule has 15 nitrogen and oxygen atoms in total. The van der Waals surface area contributed by atoms with Gasteiger partial charge < -0.3 is 34.5 Å².